The van der Waals surface area contributed by atoms with Crippen LogP contribution in [-0.4, -0.2) is 47.0 Å². The summed E-state index contributed by atoms with van der Waals surface area (Å²) in [6.07, 6.45) is 0. The van der Waals surface area contributed by atoms with E-state index in [1.165, 1.54) is 15.6 Å². The molecule has 1 aromatic heterocycles. The van der Waals surface area contributed by atoms with Gasteiger partial charge in [0.25, 0.3) is 0 Å². The fraction of sp³-hybridized carbons (Fsp3) is 0.160. The molecule has 0 aliphatic carbocycles. The van der Waals surface area contributed by atoms with Crippen LogP contribution in [-0.2, 0) is 26.1 Å². The lowest BCUT2D eigenvalue weighted by Crippen LogP contribution is -2.40. The number of carbonyl (C=O) groups is 3. The summed E-state index contributed by atoms with van der Waals surface area (Å²) in [7, 11) is 3.90. The van der Waals surface area contributed by atoms with Crippen LogP contribution in [0.4, 0.5) is 5.69 Å². The summed E-state index contributed by atoms with van der Waals surface area (Å²) in [4.78, 5) is 39.2. The number of aromatic nitrogens is 2. The van der Waals surface area contributed by atoms with E-state index in [1.807, 2.05) is 0 Å². The molecule has 1 aliphatic rings. The Hall–Kier alpha value is -5.11. The highest BCUT2D eigenvalue weighted by Gasteiger charge is 2.43. The van der Waals surface area contributed by atoms with E-state index in [0.29, 0.717) is 11.1 Å². The second-order valence-corrected chi connectivity index (χ2v) is 7.81. The van der Waals surface area contributed by atoms with Gasteiger partial charge in [0.05, 0.1) is 42.9 Å². The lowest BCUT2D eigenvalue weighted by molar-refractivity contribution is -0.139. The van der Waals surface area contributed by atoms with Crippen molar-refractivity contribution in [2.45, 2.75) is 5.92 Å². The normalized spacial score (nSPS) is 15.6. The number of hydrogen-bond acceptors (Lipinski definition) is 9. The summed E-state index contributed by atoms with van der Waals surface area (Å²) < 4.78 is 11.4. The van der Waals surface area contributed by atoms with Crippen molar-refractivity contribution >= 4 is 34.5 Å². The van der Waals surface area contributed by atoms with Gasteiger partial charge in [-0.3, -0.25) is 9.58 Å². The number of ether oxygens (including phenoxy) is 2. The number of allylic oxidation sites excluding steroid dienone is 1. The number of nitrogens with zero attached hydrogens (tertiary/aromatic N) is 4. The molecule has 11 nitrogen and oxygen atoms in total. The van der Waals surface area contributed by atoms with Crippen LogP contribution < -0.4 is 10.6 Å². The molecule has 0 saturated carbocycles. The number of aryl methyl sites for hydroxylation is 1. The second-order valence-electron chi connectivity index (χ2n) is 7.81. The summed E-state index contributed by atoms with van der Waals surface area (Å²) >= 11 is 0. The molecule has 0 spiro atoms. The van der Waals surface area contributed by atoms with E-state index in [-0.39, 0.29) is 39.4 Å². The average molecular weight is 487 g/mol. The molecule has 1 aliphatic heterocycles. The van der Waals surface area contributed by atoms with Crippen LogP contribution in [0.2, 0.25) is 0 Å². The second kappa shape index (κ2) is 9.27. The van der Waals surface area contributed by atoms with Gasteiger partial charge in [0.1, 0.15) is 11.5 Å². The molecule has 1 unspecified atom stereocenters. The largest absolute Gasteiger partial charge is 0.476 e. The van der Waals surface area contributed by atoms with Crippen LogP contribution in [0.25, 0.3) is 10.9 Å². The quantitative estimate of drug-likeness (QED) is 0.510. The maximum atomic E-state index is 13.1. The summed E-state index contributed by atoms with van der Waals surface area (Å²) in [6.45, 7) is 0. The van der Waals surface area contributed by atoms with E-state index in [1.54, 1.807) is 49.5 Å². The summed E-state index contributed by atoms with van der Waals surface area (Å²) in [5.41, 5.74) is 7.13. The van der Waals surface area contributed by atoms with E-state index in [0.717, 1.165) is 14.2 Å². The highest BCUT2D eigenvalue weighted by molar-refractivity contribution is 6.07. The molecule has 0 amide bonds. The molecule has 0 radical (unpaired) electrons. The number of nitriles is 1. The number of carboxylic acids is 1. The molecule has 2 heterocycles. The molecule has 11 heteroatoms. The van der Waals surface area contributed by atoms with Crippen LogP contribution in [0, 0.1) is 11.3 Å². The first kappa shape index (κ1) is 24.0. The first-order valence-electron chi connectivity index (χ1n) is 10.6. The number of anilines is 1. The topological polar surface area (TPSA) is 161 Å². The predicted molar refractivity (Wildman–Crippen MR) is 127 cm³/mol. The SMILES string of the molecule is COC(=O)C1=C(C(=O)OC)N(c2ccc3c(c2)c(C(=O)O)nn3C)C(N)=C(C#N)C1c1ccccc1. The predicted octanol–water partition coefficient (Wildman–Crippen LogP) is 2.17. The number of rotatable bonds is 5. The third-order valence-corrected chi connectivity index (χ3v) is 5.91. The highest BCUT2D eigenvalue weighted by Crippen LogP contribution is 2.43. The van der Waals surface area contributed by atoms with Crippen molar-refractivity contribution < 1.29 is 29.0 Å². The number of carbonyl (C=O) groups excluding carboxylic acids is 2. The molecule has 0 saturated heterocycles. The Balaban J connectivity index is 2.08. The molecular formula is C25H21N5O6. The molecule has 36 heavy (non-hydrogen) atoms. The lowest BCUT2D eigenvalue weighted by Gasteiger charge is -2.35. The maximum Gasteiger partial charge on any atom is 0.357 e. The van der Waals surface area contributed by atoms with Gasteiger partial charge in [-0.05, 0) is 23.8 Å². The molecular weight excluding hydrogens is 466 g/mol. The van der Waals surface area contributed by atoms with Gasteiger partial charge in [-0.25, -0.2) is 14.4 Å². The molecule has 3 N–H and O–H groups in total. The van der Waals surface area contributed by atoms with Crippen molar-refractivity contribution in [1.82, 2.24) is 9.78 Å². The molecule has 0 fully saturated rings. The van der Waals surface area contributed by atoms with Gasteiger partial charge in [-0.15, -0.1) is 0 Å². The fourth-order valence-electron chi connectivity index (χ4n) is 4.33. The Morgan fingerprint density at radius 2 is 1.75 bits per heavy atom. The Bertz CT molecular complexity index is 1510. The monoisotopic (exact) mass is 487 g/mol. The van der Waals surface area contributed by atoms with Gasteiger partial charge >= 0.3 is 17.9 Å². The van der Waals surface area contributed by atoms with E-state index in [2.05, 4.69) is 11.2 Å². The Labute approximate surface area is 205 Å². The number of carboxylic acid groups (broad SMARTS) is 1. The number of esters is 2. The van der Waals surface area contributed by atoms with E-state index < -0.39 is 23.8 Å². The number of nitrogens with two attached hydrogens (primary N) is 1. The van der Waals surface area contributed by atoms with Crippen LogP contribution in [0.3, 0.4) is 0 Å². The van der Waals surface area contributed by atoms with Crippen LogP contribution in [0.5, 0.6) is 0 Å². The van der Waals surface area contributed by atoms with Crippen molar-refractivity contribution in [3.05, 3.63) is 82.5 Å². The molecule has 1 atom stereocenters. The molecule has 3 aromatic rings. The first-order valence-corrected chi connectivity index (χ1v) is 10.6. The van der Waals surface area contributed by atoms with Gasteiger partial charge in [-0.2, -0.15) is 10.4 Å². The smallest absolute Gasteiger partial charge is 0.357 e. The minimum atomic E-state index is -1.25. The summed E-state index contributed by atoms with van der Waals surface area (Å²) in [5, 5.41) is 24.0. The number of aromatic carboxylic acids is 1. The van der Waals surface area contributed by atoms with Gasteiger partial charge in [-0.1, -0.05) is 30.3 Å². The van der Waals surface area contributed by atoms with Crippen molar-refractivity contribution in [3.63, 3.8) is 0 Å². The Kier molecular flexibility index (Phi) is 6.18. The van der Waals surface area contributed by atoms with Crippen molar-refractivity contribution in [3.8, 4) is 6.07 Å². The Morgan fingerprint density at radius 1 is 1.08 bits per heavy atom. The van der Waals surface area contributed by atoms with E-state index in [4.69, 9.17) is 15.2 Å². The van der Waals surface area contributed by atoms with Crippen molar-refractivity contribution in [2.24, 2.45) is 12.8 Å². The molecule has 2 aromatic carbocycles. The minimum absolute atomic E-state index is 0.000931. The summed E-state index contributed by atoms with van der Waals surface area (Å²) in [5.74, 6) is -4.14. The standard InChI is InChI=1S/C25H21N5O6/c1-29-17-10-9-14(11-15(17)20(28-29)23(31)32)30-21(25(34)36-3)19(24(33)35-2)18(16(12-26)22(30)27)13-7-5-4-6-8-13/h4-11,18H,27H2,1-3H3,(H,31,32). The zero-order valence-corrected chi connectivity index (χ0v) is 19.6. The van der Waals surface area contributed by atoms with Gasteiger partial charge in [0, 0.05) is 18.1 Å². The number of methoxy groups -OCH3 is 2. The molecule has 4 rings (SSSR count). The minimum Gasteiger partial charge on any atom is -0.476 e. The lowest BCUT2D eigenvalue weighted by atomic mass is 9.81. The Morgan fingerprint density at radius 3 is 2.33 bits per heavy atom. The van der Waals surface area contributed by atoms with Crippen LogP contribution >= 0.6 is 0 Å². The van der Waals surface area contributed by atoms with E-state index >= 15 is 0 Å². The van der Waals surface area contributed by atoms with Crippen molar-refractivity contribution in [1.29, 1.82) is 5.26 Å². The zero-order chi connectivity index (χ0) is 26.1. The van der Waals surface area contributed by atoms with Crippen LogP contribution in [0.15, 0.2) is 71.2 Å². The molecule has 0 bridgehead atoms. The number of hydrogen-bond donors (Lipinski definition) is 2. The maximum absolute atomic E-state index is 13.1. The van der Waals surface area contributed by atoms with Crippen LogP contribution in [0.1, 0.15) is 22.0 Å². The summed E-state index contributed by atoms with van der Waals surface area (Å²) in [6, 6.07) is 15.3. The fourth-order valence-corrected chi connectivity index (χ4v) is 4.33. The van der Waals surface area contributed by atoms with Gasteiger partial charge in [0.2, 0.25) is 0 Å². The zero-order valence-electron chi connectivity index (χ0n) is 19.6. The third kappa shape index (κ3) is 3.70. The first-order chi connectivity index (χ1) is 17.2. The number of benzene rings is 2. The van der Waals surface area contributed by atoms with Crippen molar-refractivity contribution in [2.75, 3.05) is 19.1 Å². The third-order valence-electron chi connectivity index (χ3n) is 5.91. The molecule has 182 valence electrons. The van der Waals surface area contributed by atoms with Gasteiger partial charge < -0.3 is 20.3 Å². The average Bonchev–Trinajstić information content (AvgIpc) is 3.23. The van der Waals surface area contributed by atoms with Gasteiger partial charge in [0.15, 0.2) is 5.69 Å². The highest BCUT2D eigenvalue weighted by atomic mass is 16.5. The van der Waals surface area contributed by atoms with E-state index in [9.17, 15) is 24.8 Å². The number of fused-ring (bicyclic) bond motifs is 1.